The van der Waals surface area contributed by atoms with Crippen LogP contribution in [0.2, 0.25) is 0 Å². The van der Waals surface area contributed by atoms with Crippen LogP contribution in [0.15, 0.2) is 30.3 Å². The molecule has 1 heterocycles. The molecule has 2 aromatic rings. The normalized spacial score (nSPS) is 12.6. The highest BCUT2D eigenvalue weighted by atomic mass is 16.5. The van der Waals surface area contributed by atoms with E-state index >= 15 is 0 Å². The van der Waals surface area contributed by atoms with Gasteiger partial charge in [-0.3, -0.25) is 0 Å². The maximum absolute atomic E-state index is 9.90. The van der Waals surface area contributed by atoms with Crippen molar-refractivity contribution in [3.05, 3.63) is 47.5 Å². The molecule has 0 unspecified atom stereocenters. The van der Waals surface area contributed by atoms with E-state index in [4.69, 9.17) is 4.74 Å². The minimum absolute atomic E-state index is 0.285. The highest BCUT2D eigenvalue weighted by Gasteiger charge is 2.09. The first-order chi connectivity index (χ1) is 9.15. The molecular weight excluding hydrogens is 242 g/mol. The Morgan fingerprint density at radius 3 is 2.63 bits per heavy atom. The standard InChI is InChI=1S/C14H19N3O2/c1-11-15-12(2)17(16-11)8-14(18)10-19-9-13-6-4-3-5-7-13/h3-7,14,18H,8-10H2,1-2H3/t14-/m1/s1. The Morgan fingerprint density at radius 2 is 2.00 bits per heavy atom. The Morgan fingerprint density at radius 1 is 1.26 bits per heavy atom. The van der Waals surface area contributed by atoms with E-state index in [-0.39, 0.29) is 6.61 Å². The van der Waals surface area contributed by atoms with Gasteiger partial charge >= 0.3 is 0 Å². The van der Waals surface area contributed by atoms with Gasteiger partial charge in [-0.05, 0) is 19.4 Å². The van der Waals surface area contributed by atoms with Crippen LogP contribution in [0.25, 0.3) is 0 Å². The van der Waals surface area contributed by atoms with Crippen LogP contribution in [0.5, 0.6) is 0 Å². The minimum atomic E-state index is -0.580. The fourth-order valence-electron chi connectivity index (χ4n) is 1.87. The molecule has 0 spiro atoms. The van der Waals surface area contributed by atoms with E-state index < -0.39 is 6.10 Å². The third-order valence-corrected chi connectivity index (χ3v) is 2.77. The quantitative estimate of drug-likeness (QED) is 0.855. The predicted octanol–water partition coefficient (Wildman–Crippen LogP) is 1.47. The van der Waals surface area contributed by atoms with Crippen molar-refractivity contribution in [1.82, 2.24) is 14.8 Å². The first-order valence-corrected chi connectivity index (χ1v) is 6.33. The zero-order chi connectivity index (χ0) is 13.7. The van der Waals surface area contributed by atoms with E-state index in [1.807, 2.05) is 44.2 Å². The van der Waals surface area contributed by atoms with Crippen molar-refractivity contribution >= 4 is 0 Å². The molecule has 0 bridgehead atoms. The number of nitrogens with zero attached hydrogens (tertiary/aromatic N) is 3. The summed E-state index contributed by atoms with van der Waals surface area (Å²) in [7, 11) is 0. The summed E-state index contributed by atoms with van der Waals surface area (Å²) in [6.07, 6.45) is -0.580. The highest BCUT2D eigenvalue weighted by Crippen LogP contribution is 2.03. The maximum atomic E-state index is 9.90. The molecule has 102 valence electrons. The van der Waals surface area contributed by atoms with Crippen LogP contribution in [0, 0.1) is 13.8 Å². The lowest BCUT2D eigenvalue weighted by molar-refractivity contribution is 0.0183. The molecule has 19 heavy (non-hydrogen) atoms. The fraction of sp³-hybridized carbons (Fsp3) is 0.429. The summed E-state index contributed by atoms with van der Waals surface area (Å²) < 4.78 is 7.19. The molecule has 0 aliphatic carbocycles. The first-order valence-electron chi connectivity index (χ1n) is 6.33. The number of benzene rings is 1. The molecule has 0 saturated heterocycles. The van der Waals surface area contributed by atoms with Gasteiger partial charge in [-0.1, -0.05) is 30.3 Å². The molecule has 1 N–H and O–H groups in total. The van der Waals surface area contributed by atoms with Crippen LogP contribution in [-0.4, -0.2) is 32.6 Å². The van der Waals surface area contributed by atoms with Gasteiger partial charge in [0, 0.05) is 0 Å². The molecular formula is C14H19N3O2. The minimum Gasteiger partial charge on any atom is -0.389 e. The van der Waals surface area contributed by atoms with E-state index in [1.165, 1.54) is 0 Å². The lowest BCUT2D eigenvalue weighted by Gasteiger charge is -2.12. The average molecular weight is 261 g/mol. The summed E-state index contributed by atoms with van der Waals surface area (Å²) in [5.41, 5.74) is 1.10. The monoisotopic (exact) mass is 261 g/mol. The Kier molecular flexibility index (Phi) is 4.65. The second-order valence-corrected chi connectivity index (χ2v) is 4.54. The van der Waals surface area contributed by atoms with Crippen LogP contribution in [0.3, 0.4) is 0 Å². The van der Waals surface area contributed by atoms with Gasteiger partial charge in [0.1, 0.15) is 11.6 Å². The van der Waals surface area contributed by atoms with E-state index in [2.05, 4.69) is 10.1 Å². The number of rotatable bonds is 6. The fourth-order valence-corrected chi connectivity index (χ4v) is 1.87. The molecule has 0 amide bonds. The van der Waals surface area contributed by atoms with Crippen LogP contribution in [-0.2, 0) is 17.9 Å². The van der Waals surface area contributed by atoms with Gasteiger partial charge in [0.05, 0.1) is 25.9 Å². The average Bonchev–Trinajstić information content (AvgIpc) is 2.69. The molecule has 1 atom stereocenters. The summed E-state index contributed by atoms with van der Waals surface area (Å²) in [5.74, 6) is 1.52. The molecule has 0 saturated carbocycles. The van der Waals surface area contributed by atoms with Crippen molar-refractivity contribution in [2.75, 3.05) is 6.61 Å². The SMILES string of the molecule is Cc1nc(C)n(C[C@@H](O)COCc2ccccc2)n1. The second-order valence-electron chi connectivity index (χ2n) is 4.54. The Balaban J connectivity index is 1.76. The third kappa shape index (κ3) is 4.15. The van der Waals surface area contributed by atoms with Crippen LogP contribution >= 0.6 is 0 Å². The number of hydrogen-bond donors (Lipinski definition) is 1. The third-order valence-electron chi connectivity index (χ3n) is 2.77. The van der Waals surface area contributed by atoms with Crippen LogP contribution < -0.4 is 0 Å². The number of aliphatic hydroxyl groups is 1. The van der Waals surface area contributed by atoms with Gasteiger partial charge in [-0.2, -0.15) is 5.10 Å². The zero-order valence-corrected chi connectivity index (χ0v) is 11.3. The molecule has 0 radical (unpaired) electrons. The van der Waals surface area contributed by atoms with Gasteiger partial charge in [-0.25, -0.2) is 9.67 Å². The number of aryl methyl sites for hydroxylation is 2. The summed E-state index contributed by atoms with van der Waals surface area (Å²) in [5, 5.41) is 14.1. The van der Waals surface area contributed by atoms with E-state index in [0.717, 1.165) is 17.2 Å². The molecule has 1 aromatic carbocycles. The predicted molar refractivity (Wildman–Crippen MR) is 71.6 cm³/mol. The smallest absolute Gasteiger partial charge is 0.147 e. The molecule has 1 aromatic heterocycles. The van der Waals surface area contributed by atoms with Gasteiger partial charge < -0.3 is 9.84 Å². The second kappa shape index (κ2) is 6.45. The van der Waals surface area contributed by atoms with Crippen LogP contribution in [0.4, 0.5) is 0 Å². The molecule has 0 aliphatic rings. The lowest BCUT2D eigenvalue weighted by Crippen LogP contribution is -2.23. The number of ether oxygens (including phenoxy) is 1. The Bertz CT molecular complexity index is 511. The summed E-state index contributed by atoms with van der Waals surface area (Å²) in [6.45, 7) is 4.90. The molecule has 5 heteroatoms. The molecule has 0 fully saturated rings. The molecule has 2 rings (SSSR count). The van der Waals surface area contributed by atoms with Gasteiger partial charge in [0.15, 0.2) is 0 Å². The van der Waals surface area contributed by atoms with E-state index in [1.54, 1.807) is 4.68 Å². The Labute approximate surface area is 112 Å². The van der Waals surface area contributed by atoms with Crippen molar-refractivity contribution in [2.45, 2.75) is 33.1 Å². The largest absolute Gasteiger partial charge is 0.389 e. The van der Waals surface area contributed by atoms with Gasteiger partial charge in [-0.15, -0.1) is 0 Å². The van der Waals surface area contributed by atoms with Gasteiger partial charge in [0.2, 0.25) is 0 Å². The van der Waals surface area contributed by atoms with Crippen molar-refractivity contribution in [3.8, 4) is 0 Å². The van der Waals surface area contributed by atoms with E-state index in [0.29, 0.717) is 13.2 Å². The molecule has 5 nitrogen and oxygen atoms in total. The first kappa shape index (κ1) is 13.7. The number of aromatic nitrogens is 3. The van der Waals surface area contributed by atoms with Crippen molar-refractivity contribution in [2.24, 2.45) is 0 Å². The van der Waals surface area contributed by atoms with Crippen molar-refractivity contribution < 1.29 is 9.84 Å². The molecule has 0 aliphatic heterocycles. The Hall–Kier alpha value is -1.72. The topological polar surface area (TPSA) is 60.2 Å². The summed E-state index contributed by atoms with van der Waals surface area (Å²) in [6, 6.07) is 9.90. The van der Waals surface area contributed by atoms with Gasteiger partial charge in [0.25, 0.3) is 0 Å². The zero-order valence-electron chi connectivity index (χ0n) is 11.3. The number of hydrogen-bond acceptors (Lipinski definition) is 4. The summed E-state index contributed by atoms with van der Waals surface area (Å²) in [4.78, 5) is 4.19. The van der Waals surface area contributed by atoms with Crippen molar-refractivity contribution in [1.29, 1.82) is 0 Å². The highest BCUT2D eigenvalue weighted by molar-refractivity contribution is 5.13. The maximum Gasteiger partial charge on any atom is 0.147 e. The lowest BCUT2D eigenvalue weighted by atomic mass is 10.2. The van der Waals surface area contributed by atoms with E-state index in [9.17, 15) is 5.11 Å². The number of aliphatic hydroxyl groups excluding tert-OH is 1. The van der Waals surface area contributed by atoms with Crippen LogP contribution in [0.1, 0.15) is 17.2 Å². The summed E-state index contributed by atoms with van der Waals surface area (Å²) >= 11 is 0. The van der Waals surface area contributed by atoms with Crippen molar-refractivity contribution in [3.63, 3.8) is 0 Å².